The molecule has 4 rings (SSSR count). The molecule has 5 nitrogen and oxygen atoms in total. The third-order valence-electron chi connectivity index (χ3n) is 5.50. The third-order valence-corrected chi connectivity index (χ3v) is 5.50. The summed E-state index contributed by atoms with van der Waals surface area (Å²) >= 11 is 0. The predicted molar refractivity (Wildman–Crippen MR) is 94.3 cm³/mol. The van der Waals surface area contributed by atoms with Crippen LogP contribution in [0.3, 0.4) is 0 Å². The lowest BCUT2D eigenvalue weighted by atomic mass is 9.74. The number of piperidine rings is 1. The van der Waals surface area contributed by atoms with Gasteiger partial charge in [0.2, 0.25) is 0 Å². The molecule has 0 radical (unpaired) electrons. The number of nitrogens with zero attached hydrogens (tertiary/aromatic N) is 1. The fourth-order valence-electron chi connectivity index (χ4n) is 4.21. The molecule has 134 valence electrons. The molecule has 2 aromatic rings. The van der Waals surface area contributed by atoms with Crippen LogP contribution in [0.25, 0.3) is 0 Å². The van der Waals surface area contributed by atoms with Crippen molar-refractivity contribution in [3.8, 4) is 0 Å². The summed E-state index contributed by atoms with van der Waals surface area (Å²) in [5.41, 5.74) is 1.56. The Balaban J connectivity index is 1.37. The average Bonchev–Trinajstić information content (AvgIpc) is 3.25. The van der Waals surface area contributed by atoms with Crippen molar-refractivity contribution in [2.24, 2.45) is 5.41 Å². The molecule has 0 spiro atoms. The van der Waals surface area contributed by atoms with Gasteiger partial charge in [0.05, 0.1) is 12.5 Å². The van der Waals surface area contributed by atoms with E-state index in [0.29, 0.717) is 17.8 Å². The molecule has 1 saturated heterocycles. The van der Waals surface area contributed by atoms with E-state index >= 15 is 0 Å². The van der Waals surface area contributed by atoms with Gasteiger partial charge in [0.15, 0.2) is 5.76 Å². The van der Waals surface area contributed by atoms with Crippen molar-refractivity contribution < 1.29 is 13.6 Å². The quantitative estimate of drug-likeness (QED) is 0.922. The van der Waals surface area contributed by atoms with Gasteiger partial charge in [-0.3, -0.25) is 4.79 Å². The van der Waals surface area contributed by atoms with E-state index in [0.717, 1.165) is 44.5 Å². The minimum Gasteiger partial charge on any atom is -0.469 e. The molecule has 25 heavy (non-hydrogen) atoms. The molecule has 3 heterocycles. The zero-order valence-corrected chi connectivity index (χ0v) is 15.0. The summed E-state index contributed by atoms with van der Waals surface area (Å²) in [4.78, 5) is 14.3. The summed E-state index contributed by atoms with van der Waals surface area (Å²) in [6.07, 6.45) is 7.42. The number of amides is 1. The fraction of sp³-hybridized carbons (Fsp3) is 0.550. The molecule has 1 aliphatic heterocycles. The van der Waals surface area contributed by atoms with E-state index in [9.17, 15) is 4.79 Å². The normalized spacial score (nSPS) is 23.4. The van der Waals surface area contributed by atoms with Gasteiger partial charge in [-0.05, 0) is 42.9 Å². The summed E-state index contributed by atoms with van der Waals surface area (Å²) in [7, 11) is 0. The van der Waals surface area contributed by atoms with Gasteiger partial charge in [-0.15, -0.1) is 0 Å². The number of hydrogen-bond donors (Lipinski definition) is 1. The Hall–Kier alpha value is -2.01. The van der Waals surface area contributed by atoms with E-state index < -0.39 is 0 Å². The van der Waals surface area contributed by atoms with Crippen molar-refractivity contribution in [1.29, 1.82) is 0 Å². The van der Waals surface area contributed by atoms with Crippen molar-refractivity contribution >= 4 is 5.91 Å². The lowest BCUT2D eigenvalue weighted by molar-refractivity contribution is 0.0666. The molecular formula is C20H26N2O3. The molecule has 1 fully saturated rings. The van der Waals surface area contributed by atoms with Gasteiger partial charge in [0.1, 0.15) is 5.76 Å². The third kappa shape index (κ3) is 3.38. The van der Waals surface area contributed by atoms with Crippen molar-refractivity contribution in [3.05, 3.63) is 47.8 Å². The van der Waals surface area contributed by atoms with Gasteiger partial charge < -0.3 is 19.1 Å². The second kappa shape index (κ2) is 6.37. The number of carbonyl (C=O) groups excluding carboxylic acids is 1. The SMILES string of the molecule is CC1(C)Cc2occc2[C@H](NC2CCN(C(=O)c3ccco3)CC2)C1. The molecule has 0 saturated carbocycles. The number of nitrogens with one attached hydrogen (secondary N) is 1. The molecule has 0 unspecified atom stereocenters. The lowest BCUT2D eigenvalue weighted by Gasteiger charge is -2.39. The van der Waals surface area contributed by atoms with Crippen LogP contribution in [0.1, 0.15) is 61.0 Å². The Morgan fingerprint density at radius 3 is 2.72 bits per heavy atom. The Labute approximate surface area is 148 Å². The van der Waals surface area contributed by atoms with E-state index in [-0.39, 0.29) is 11.3 Å². The second-order valence-electron chi connectivity index (χ2n) is 8.11. The molecule has 1 aliphatic carbocycles. The Morgan fingerprint density at radius 1 is 1.20 bits per heavy atom. The van der Waals surface area contributed by atoms with Crippen LogP contribution in [-0.4, -0.2) is 29.9 Å². The molecule has 1 amide bonds. The summed E-state index contributed by atoms with van der Waals surface area (Å²) in [5, 5.41) is 3.83. The largest absolute Gasteiger partial charge is 0.469 e. The summed E-state index contributed by atoms with van der Waals surface area (Å²) in [5.74, 6) is 1.56. The van der Waals surface area contributed by atoms with Gasteiger partial charge in [0, 0.05) is 37.2 Å². The summed E-state index contributed by atoms with van der Waals surface area (Å²) in [6.45, 7) is 6.15. The van der Waals surface area contributed by atoms with Crippen LogP contribution >= 0.6 is 0 Å². The number of hydrogen-bond acceptors (Lipinski definition) is 4. The van der Waals surface area contributed by atoms with E-state index in [1.54, 1.807) is 18.4 Å². The highest BCUT2D eigenvalue weighted by Crippen LogP contribution is 2.41. The Bertz CT molecular complexity index is 724. The topological polar surface area (TPSA) is 58.6 Å². The van der Waals surface area contributed by atoms with Gasteiger partial charge in [-0.1, -0.05) is 13.8 Å². The minimum absolute atomic E-state index is 0.000583. The van der Waals surface area contributed by atoms with Crippen LogP contribution in [0, 0.1) is 5.41 Å². The highest BCUT2D eigenvalue weighted by atomic mass is 16.3. The predicted octanol–water partition coefficient (Wildman–Crippen LogP) is 3.78. The first-order valence-electron chi connectivity index (χ1n) is 9.17. The monoisotopic (exact) mass is 342 g/mol. The first-order chi connectivity index (χ1) is 12.0. The molecular weight excluding hydrogens is 316 g/mol. The van der Waals surface area contributed by atoms with Crippen molar-refractivity contribution in [2.75, 3.05) is 13.1 Å². The first-order valence-corrected chi connectivity index (χ1v) is 9.17. The zero-order chi connectivity index (χ0) is 17.4. The highest BCUT2D eigenvalue weighted by Gasteiger charge is 2.36. The number of fused-ring (bicyclic) bond motifs is 1. The number of likely N-dealkylation sites (tertiary alicyclic amines) is 1. The molecule has 1 atom stereocenters. The van der Waals surface area contributed by atoms with Crippen LogP contribution < -0.4 is 5.32 Å². The molecule has 0 bridgehead atoms. The molecule has 0 aromatic carbocycles. The Morgan fingerprint density at radius 2 is 2.00 bits per heavy atom. The van der Waals surface area contributed by atoms with Gasteiger partial charge in [0.25, 0.3) is 5.91 Å². The second-order valence-corrected chi connectivity index (χ2v) is 8.11. The van der Waals surface area contributed by atoms with Crippen LogP contribution in [0.4, 0.5) is 0 Å². The number of rotatable bonds is 3. The number of carbonyl (C=O) groups is 1. The van der Waals surface area contributed by atoms with Crippen molar-refractivity contribution in [2.45, 2.75) is 51.6 Å². The maximum Gasteiger partial charge on any atom is 0.289 e. The van der Waals surface area contributed by atoms with Crippen molar-refractivity contribution in [3.63, 3.8) is 0 Å². The average molecular weight is 342 g/mol. The zero-order valence-electron chi connectivity index (χ0n) is 15.0. The van der Waals surface area contributed by atoms with E-state index in [1.807, 2.05) is 11.2 Å². The molecule has 5 heteroatoms. The lowest BCUT2D eigenvalue weighted by Crippen LogP contribution is -2.47. The van der Waals surface area contributed by atoms with Crippen LogP contribution in [0.5, 0.6) is 0 Å². The molecule has 2 aromatic heterocycles. The van der Waals surface area contributed by atoms with Crippen LogP contribution in [0.15, 0.2) is 39.6 Å². The van der Waals surface area contributed by atoms with Gasteiger partial charge >= 0.3 is 0 Å². The van der Waals surface area contributed by atoms with E-state index in [2.05, 4.69) is 25.2 Å². The van der Waals surface area contributed by atoms with E-state index in [4.69, 9.17) is 8.83 Å². The maximum atomic E-state index is 12.4. The minimum atomic E-state index is -0.000583. The molecule has 2 aliphatic rings. The smallest absolute Gasteiger partial charge is 0.289 e. The van der Waals surface area contributed by atoms with Crippen LogP contribution in [-0.2, 0) is 6.42 Å². The van der Waals surface area contributed by atoms with Gasteiger partial charge in [-0.25, -0.2) is 0 Å². The van der Waals surface area contributed by atoms with Gasteiger partial charge in [-0.2, -0.15) is 0 Å². The van der Waals surface area contributed by atoms with E-state index in [1.165, 1.54) is 5.56 Å². The standard InChI is InChI=1S/C20H26N2O3/c1-20(2)12-16(15-7-11-25-18(15)13-20)21-14-5-8-22(9-6-14)19(23)17-4-3-10-24-17/h3-4,7,10-11,14,16,21H,5-6,8-9,12-13H2,1-2H3/t16-/m1/s1. The first kappa shape index (κ1) is 16.5. The van der Waals surface area contributed by atoms with Crippen LogP contribution in [0.2, 0.25) is 0 Å². The highest BCUT2D eigenvalue weighted by molar-refractivity contribution is 5.91. The maximum absolute atomic E-state index is 12.4. The number of furan rings is 2. The fourth-order valence-corrected chi connectivity index (χ4v) is 4.21. The Kier molecular flexibility index (Phi) is 4.20. The van der Waals surface area contributed by atoms with Crippen molar-refractivity contribution in [1.82, 2.24) is 10.2 Å². The summed E-state index contributed by atoms with van der Waals surface area (Å²) in [6, 6.07) is 6.38. The molecule has 1 N–H and O–H groups in total. The summed E-state index contributed by atoms with van der Waals surface area (Å²) < 4.78 is 10.9.